The molecule has 2 atom stereocenters. The number of hydrogen-bond donors (Lipinski definition) is 1. The van der Waals surface area contributed by atoms with Gasteiger partial charge in [-0.3, -0.25) is 24.1 Å². The summed E-state index contributed by atoms with van der Waals surface area (Å²) in [5, 5.41) is 2.82. The number of para-hydroxylation sites is 1. The lowest BCUT2D eigenvalue weighted by Crippen LogP contribution is -2.37. The molecule has 3 amide bonds. The average Bonchev–Trinajstić information content (AvgIpc) is 2.97. The van der Waals surface area contributed by atoms with E-state index in [0.29, 0.717) is 12.8 Å². The maximum Gasteiger partial charge on any atom is 0.326 e. The summed E-state index contributed by atoms with van der Waals surface area (Å²) in [7, 11) is 0. The Hall–Kier alpha value is -2.96. The van der Waals surface area contributed by atoms with Gasteiger partial charge < -0.3 is 10.1 Å². The monoisotopic (exact) mass is 398 g/mol. The number of benzene rings is 1. The third-order valence-corrected chi connectivity index (χ3v) is 5.51. The average molecular weight is 398 g/mol. The van der Waals surface area contributed by atoms with Gasteiger partial charge in [-0.15, -0.1) is 0 Å². The third kappa shape index (κ3) is 4.39. The van der Waals surface area contributed by atoms with E-state index in [-0.39, 0.29) is 23.7 Å². The van der Waals surface area contributed by atoms with Crippen molar-refractivity contribution in [2.45, 2.75) is 39.5 Å². The Balaban J connectivity index is 1.54. The summed E-state index contributed by atoms with van der Waals surface area (Å²) < 4.78 is 5.02. The number of anilines is 1. The standard InChI is InChI=1S/C22H26N2O5/c1-3-14-8-7-9-15(4-2)20(14)23-18(25)13-29-19(26)12-24-21(27)16-10-5-6-11-17(16)22(24)28/h5-9,16-17H,3-4,10-13H2,1-2H3,(H,23,25)/t16-,17-/m1/s1. The Bertz CT molecular complexity index is 813. The summed E-state index contributed by atoms with van der Waals surface area (Å²) >= 11 is 0. The molecule has 0 spiro atoms. The van der Waals surface area contributed by atoms with Crippen LogP contribution in [0.25, 0.3) is 0 Å². The molecule has 0 unspecified atom stereocenters. The van der Waals surface area contributed by atoms with Crippen molar-refractivity contribution in [1.82, 2.24) is 4.90 Å². The van der Waals surface area contributed by atoms with Crippen LogP contribution in [0.4, 0.5) is 5.69 Å². The summed E-state index contributed by atoms with van der Waals surface area (Å²) in [6, 6.07) is 5.84. The van der Waals surface area contributed by atoms with Crippen LogP contribution in [0.3, 0.4) is 0 Å². The molecule has 0 saturated carbocycles. The van der Waals surface area contributed by atoms with E-state index in [9.17, 15) is 19.2 Å². The number of ether oxygens (including phenoxy) is 1. The predicted molar refractivity (Wildman–Crippen MR) is 107 cm³/mol. The van der Waals surface area contributed by atoms with Gasteiger partial charge in [-0.2, -0.15) is 0 Å². The van der Waals surface area contributed by atoms with E-state index in [4.69, 9.17) is 4.74 Å². The molecule has 1 aliphatic heterocycles. The molecule has 1 heterocycles. The first-order valence-electron chi connectivity index (χ1n) is 10.0. The molecule has 1 saturated heterocycles. The zero-order valence-corrected chi connectivity index (χ0v) is 16.8. The predicted octanol–water partition coefficient (Wildman–Crippen LogP) is 2.24. The van der Waals surface area contributed by atoms with E-state index in [1.807, 2.05) is 44.2 Å². The molecule has 1 aromatic carbocycles. The van der Waals surface area contributed by atoms with Crippen molar-refractivity contribution in [2.75, 3.05) is 18.5 Å². The normalized spacial score (nSPS) is 20.6. The summed E-state index contributed by atoms with van der Waals surface area (Å²) in [5.74, 6) is -2.67. The minimum Gasteiger partial charge on any atom is -0.454 e. The molecule has 7 nitrogen and oxygen atoms in total. The molecule has 1 N–H and O–H groups in total. The largest absolute Gasteiger partial charge is 0.454 e. The van der Waals surface area contributed by atoms with Crippen molar-refractivity contribution in [3.8, 4) is 0 Å². The number of rotatable bonds is 7. The smallest absolute Gasteiger partial charge is 0.326 e. The lowest BCUT2D eigenvalue weighted by molar-refractivity contribution is -0.154. The fourth-order valence-corrected chi connectivity index (χ4v) is 3.92. The zero-order chi connectivity index (χ0) is 21.0. The second-order valence-corrected chi connectivity index (χ2v) is 7.29. The van der Waals surface area contributed by atoms with E-state index in [2.05, 4.69) is 5.32 Å². The molecule has 154 valence electrons. The lowest BCUT2D eigenvalue weighted by atomic mass is 9.85. The van der Waals surface area contributed by atoms with Crippen molar-refractivity contribution in [3.63, 3.8) is 0 Å². The van der Waals surface area contributed by atoms with Crippen molar-refractivity contribution in [1.29, 1.82) is 0 Å². The number of aryl methyl sites for hydroxylation is 2. The topological polar surface area (TPSA) is 92.8 Å². The summed E-state index contributed by atoms with van der Waals surface area (Å²) in [6.45, 7) is 3.08. The minimum absolute atomic E-state index is 0.338. The van der Waals surface area contributed by atoms with E-state index in [0.717, 1.165) is 34.6 Å². The maximum atomic E-state index is 12.4. The lowest BCUT2D eigenvalue weighted by Gasteiger charge is -2.16. The van der Waals surface area contributed by atoms with Crippen molar-refractivity contribution in [3.05, 3.63) is 41.5 Å². The second-order valence-electron chi connectivity index (χ2n) is 7.29. The second kappa shape index (κ2) is 9.03. The van der Waals surface area contributed by atoms with E-state index >= 15 is 0 Å². The van der Waals surface area contributed by atoms with Gasteiger partial charge in [-0.1, -0.05) is 44.2 Å². The van der Waals surface area contributed by atoms with Gasteiger partial charge in [-0.05, 0) is 36.8 Å². The van der Waals surface area contributed by atoms with E-state index in [1.165, 1.54) is 0 Å². The van der Waals surface area contributed by atoms with Gasteiger partial charge in [0, 0.05) is 5.69 Å². The van der Waals surface area contributed by atoms with Gasteiger partial charge in [-0.25, -0.2) is 0 Å². The Morgan fingerprint density at radius 3 is 2.10 bits per heavy atom. The quantitative estimate of drug-likeness (QED) is 0.432. The Morgan fingerprint density at radius 2 is 1.59 bits per heavy atom. The number of likely N-dealkylation sites (tertiary alicyclic amines) is 1. The van der Waals surface area contributed by atoms with Crippen LogP contribution in [0.2, 0.25) is 0 Å². The number of nitrogens with one attached hydrogen (secondary N) is 1. The highest BCUT2D eigenvalue weighted by Crippen LogP contribution is 2.34. The Morgan fingerprint density at radius 1 is 1.03 bits per heavy atom. The van der Waals surface area contributed by atoms with Crippen LogP contribution >= 0.6 is 0 Å². The first-order chi connectivity index (χ1) is 14.0. The van der Waals surface area contributed by atoms with Crippen molar-refractivity contribution < 1.29 is 23.9 Å². The summed E-state index contributed by atoms with van der Waals surface area (Å²) in [6.07, 6.45) is 6.33. The molecule has 0 bridgehead atoms. The number of carbonyl (C=O) groups excluding carboxylic acids is 4. The SMILES string of the molecule is CCc1cccc(CC)c1NC(=O)COC(=O)CN1C(=O)[C@@H]2CC=CC[C@H]2C1=O. The van der Waals surface area contributed by atoms with E-state index in [1.54, 1.807) is 0 Å². The molecule has 1 fully saturated rings. The molecule has 1 aromatic rings. The van der Waals surface area contributed by atoms with Gasteiger partial charge in [0.15, 0.2) is 6.61 Å². The van der Waals surface area contributed by atoms with Crippen LogP contribution in [0.5, 0.6) is 0 Å². The Labute approximate surface area is 170 Å². The molecular formula is C22H26N2O5. The van der Waals surface area contributed by atoms with Crippen LogP contribution in [-0.2, 0) is 36.8 Å². The van der Waals surface area contributed by atoms with Gasteiger partial charge in [0.2, 0.25) is 11.8 Å². The summed E-state index contributed by atoms with van der Waals surface area (Å²) in [4.78, 5) is 50.2. The number of nitrogens with zero attached hydrogens (tertiary/aromatic N) is 1. The molecule has 0 aromatic heterocycles. The highest BCUT2D eigenvalue weighted by molar-refractivity contribution is 6.07. The molecule has 3 rings (SSSR count). The van der Waals surface area contributed by atoms with Crippen molar-refractivity contribution in [2.24, 2.45) is 11.8 Å². The first-order valence-corrected chi connectivity index (χ1v) is 10.0. The highest BCUT2D eigenvalue weighted by Gasteiger charge is 2.47. The van der Waals surface area contributed by atoms with E-state index < -0.39 is 25.0 Å². The van der Waals surface area contributed by atoms with Gasteiger partial charge in [0.25, 0.3) is 5.91 Å². The molecule has 29 heavy (non-hydrogen) atoms. The number of esters is 1. The highest BCUT2D eigenvalue weighted by atomic mass is 16.5. The van der Waals surface area contributed by atoms with Crippen LogP contribution < -0.4 is 5.32 Å². The van der Waals surface area contributed by atoms with Crippen molar-refractivity contribution >= 4 is 29.4 Å². The van der Waals surface area contributed by atoms with Crippen LogP contribution in [0, 0.1) is 11.8 Å². The number of allylic oxidation sites excluding steroid dienone is 2. The number of carbonyl (C=O) groups is 4. The number of hydrogen-bond acceptors (Lipinski definition) is 5. The fourth-order valence-electron chi connectivity index (χ4n) is 3.92. The minimum atomic E-state index is -0.770. The Kier molecular flexibility index (Phi) is 6.46. The molecule has 7 heteroatoms. The molecule has 2 aliphatic rings. The summed E-state index contributed by atoms with van der Waals surface area (Å²) in [5.41, 5.74) is 2.77. The number of imide groups is 1. The first kappa shape index (κ1) is 20.8. The van der Waals surface area contributed by atoms with Crippen LogP contribution in [-0.4, -0.2) is 41.7 Å². The third-order valence-electron chi connectivity index (χ3n) is 5.51. The molecule has 0 radical (unpaired) electrons. The van der Waals surface area contributed by atoms with Gasteiger partial charge >= 0.3 is 5.97 Å². The van der Waals surface area contributed by atoms with Crippen LogP contribution in [0.1, 0.15) is 37.8 Å². The van der Waals surface area contributed by atoms with Crippen LogP contribution in [0.15, 0.2) is 30.4 Å². The maximum absolute atomic E-state index is 12.4. The van der Waals surface area contributed by atoms with Gasteiger partial charge in [0.05, 0.1) is 11.8 Å². The number of fused-ring (bicyclic) bond motifs is 1. The number of amides is 3. The fraction of sp³-hybridized carbons (Fsp3) is 0.455. The van der Waals surface area contributed by atoms with Gasteiger partial charge in [0.1, 0.15) is 6.54 Å². The zero-order valence-electron chi connectivity index (χ0n) is 16.8. The molecular weight excluding hydrogens is 372 g/mol. The molecule has 1 aliphatic carbocycles.